The fourth-order valence-corrected chi connectivity index (χ4v) is 9.91. The molecular weight excluding hydrogens is 911 g/mol. The van der Waals surface area contributed by atoms with Gasteiger partial charge < -0.3 is 40.3 Å². The van der Waals surface area contributed by atoms with Crippen LogP contribution in [-0.4, -0.2) is 87.5 Å². The highest BCUT2D eigenvalue weighted by molar-refractivity contribution is 5.76. The van der Waals surface area contributed by atoms with Crippen molar-refractivity contribution in [1.82, 2.24) is 5.32 Å². The zero-order chi connectivity index (χ0) is 52.9. The number of hydrogen-bond acceptors (Lipinski definition) is 8. The number of ether oxygens (including phenoxy) is 2. The fraction of sp³-hybridized carbons (Fsp3) is 0.859. The quantitative estimate of drug-likeness (QED) is 0.0261. The Labute approximate surface area is 450 Å². The highest BCUT2D eigenvalue weighted by atomic mass is 16.7. The second kappa shape index (κ2) is 53.5. The van der Waals surface area contributed by atoms with E-state index >= 15 is 0 Å². The van der Waals surface area contributed by atoms with E-state index in [0.29, 0.717) is 6.42 Å². The molecule has 0 aliphatic carbocycles. The van der Waals surface area contributed by atoms with E-state index < -0.39 is 49.5 Å². The maximum atomic E-state index is 13.1. The smallest absolute Gasteiger partial charge is 0.220 e. The number of unbranched alkanes of at least 4 members (excludes halogenated alkanes) is 38. The highest BCUT2D eigenvalue weighted by Crippen LogP contribution is 2.23. The van der Waals surface area contributed by atoms with Crippen LogP contribution in [0.25, 0.3) is 0 Å². The first-order chi connectivity index (χ1) is 35.8. The van der Waals surface area contributed by atoms with E-state index in [1.807, 2.05) is 6.08 Å². The maximum absolute atomic E-state index is 13.1. The lowest BCUT2D eigenvalue weighted by Gasteiger charge is -2.40. The van der Waals surface area contributed by atoms with Crippen LogP contribution in [0.4, 0.5) is 0 Å². The van der Waals surface area contributed by atoms with Crippen molar-refractivity contribution in [3.8, 4) is 0 Å². The Kier molecular flexibility index (Phi) is 50.7. The van der Waals surface area contributed by atoms with Crippen LogP contribution < -0.4 is 5.32 Å². The largest absolute Gasteiger partial charge is 0.394 e. The minimum absolute atomic E-state index is 0.189. The minimum Gasteiger partial charge on any atom is -0.394 e. The molecule has 0 spiro atoms. The summed E-state index contributed by atoms with van der Waals surface area (Å²) in [5, 5.41) is 54.6. The van der Waals surface area contributed by atoms with Crippen molar-refractivity contribution in [2.75, 3.05) is 13.2 Å². The molecule has 1 heterocycles. The van der Waals surface area contributed by atoms with Gasteiger partial charge in [-0.2, -0.15) is 0 Å². The number of hydrogen-bond donors (Lipinski definition) is 6. The van der Waals surface area contributed by atoms with Crippen molar-refractivity contribution in [2.45, 2.75) is 339 Å². The summed E-state index contributed by atoms with van der Waals surface area (Å²) in [6.45, 7) is 3.78. The fourth-order valence-electron chi connectivity index (χ4n) is 9.91. The van der Waals surface area contributed by atoms with E-state index in [9.17, 15) is 30.3 Å². The van der Waals surface area contributed by atoms with Crippen LogP contribution in [0, 0.1) is 0 Å². The summed E-state index contributed by atoms with van der Waals surface area (Å²) in [6.07, 6.45) is 64.8. The Hall–Kier alpha value is -1.85. The highest BCUT2D eigenvalue weighted by Gasteiger charge is 2.44. The number of aliphatic hydroxyl groups is 5. The molecule has 9 heteroatoms. The van der Waals surface area contributed by atoms with Gasteiger partial charge in [0.2, 0.25) is 5.91 Å². The van der Waals surface area contributed by atoms with Gasteiger partial charge in [0, 0.05) is 6.42 Å². The predicted molar refractivity (Wildman–Crippen MR) is 309 cm³/mol. The molecule has 428 valence electrons. The lowest BCUT2D eigenvalue weighted by atomic mass is 9.99. The predicted octanol–water partition coefficient (Wildman–Crippen LogP) is 16.1. The Morgan fingerprint density at radius 2 is 0.822 bits per heavy atom. The molecular formula is C64H119NO8. The standard InChI is InChI=1S/C64H119NO8/c1-3-5-7-9-11-13-15-17-19-21-23-25-26-27-28-29-30-31-32-34-35-37-39-41-43-45-47-49-51-53-58(67)57(56-72-64-63(71)62(70)61(69)59(55-66)73-64)65-60(68)54-52-50-48-46-44-42-40-38-36-33-24-22-20-18-16-14-12-10-8-6-4-2/h16,18,22,24,43,45,51,53,57-59,61-64,66-67,69-71H,3-15,17,19-21,23,25-42,44,46-50,52,54-56H2,1-2H3,(H,65,68)/b18-16-,24-22-,45-43+,53-51+. The van der Waals surface area contributed by atoms with Crippen molar-refractivity contribution in [1.29, 1.82) is 0 Å². The Morgan fingerprint density at radius 1 is 0.466 bits per heavy atom. The number of carbonyl (C=O) groups excluding carboxylic acids is 1. The summed E-state index contributed by atoms with van der Waals surface area (Å²) in [5.41, 5.74) is 0. The molecule has 1 aliphatic rings. The normalized spacial score (nSPS) is 19.4. The van der Waals surface area contributed by atoms with Gasteiger partial charge >= 0.3 is 0 Å². The summed E-state index contributed by atoms with van der Waals surface area (Å²) in [7, 11) is 0. The van der Waals surface area contributed by atoms with Crippen LogP contribution in [0.1, 0.15) is 296 Å². The number of rotatable bonds is 54. The van der Waals surface area contributed by atoms with Gasteiger partial charge in [0.25, 0.3) is 0 Å². The van der Waals surface area contributed by atoms with Crippen molar-refractivity contribution in [3.63, 3.8) is 0 Å². The number of nitrogens with one attached hydrogen (secondary N) is 1. The number of carbonyl (C=O) groups is 1. The van der Waals surface area contributed by atoms with Crippen LogP contribution in [0.5, 0.6) is 0 Å². The van der Waals surface area contributed by atoms with Crippen LogP contribution in [0.3, 0.4) is 0 Å². The Morgan fingerprint density at radius 3 is 1.23 bits per heavy atom. The van der Waals surface area contributed by atoms with Gasteiger partial charge in [0.15, 0.2) is 6.29 Å². The topological polar surface area (TPSA) is 149 Å². The van der Waals surface area contributed by atoms with Crippen molar-refractivity contribution in [2.24, 2.45) is 0 Å². The second-order valence-corrected chi connectivity index (χ2v) is 21.8. The number of amides is 1. The number of allylic oxidation sites excluding steroid dienone is 7. The molecule has 73 heavy (non-hydrogen) atoms. The molecule has 0 saturated carbocycles. The van der Waals surface area contributed by atoms with E-state index in [0.717, 1.165) is 44.9 Å². The van der Waals surface area contributed by atoms with E-state index in [1.54, 1.807) is 6.08 Å². The third-order valence-corrected chi connectivity index (χ3v) is 14.9. The first-order valence-electron chi connectivity index (χ1n) is 31.4. The summed E-state index contributed by atoms with van der Waals surface area (Å²) < 4.78 is 11.3. The third-order valence-electron chi connectivity index (χ3n) is 14.9. The molecule has 0 radical (unpaired) electrons. The van der Waals surface area contributed by atoms with Gasteiger partial charge in [-0.05, 0) is 64.2 Å². The molecule has 1 aliphatic heterocycles. The SMILES string of the molecule is CCCCCCC/C=C\C/C=C\CCCCCCCCCCCC(=O)NC(COC1OC(CO)C(O)C(O)C1O)C(O)/C=C/CC/C=C/CCCCCCCCCCCCCCCCCCCCCCCCC. The molecule has 1 fully saturated rings. The minimum atomic E-state index is -1.57. The summed E-state index contributed by atoms with van der Waals surface area (Å²) in [5.74, 6) is -0.189. The molecule has 0 aromatic rings. The molecule has 1 saturated heterocycles. The molecule has 7 unspecified atom stereocenters. The van der Waals surface area contributed by atoms with Crippen molar-refractivity contribution < 1.29 is 39.8 Å². The van der Waals surface area contributed by atoms with Gasteiger partial charge in [-0.15, -0.1) is 0 Å². The van der Waals surface area contributed by atoms with Gasteiger partial charge in [-0.25, -0.2) is 0 Å². The zero-order valence-electron chi connectivity index (χ0n) is 47.6. The average Bonchev–Trinajstić information content (AvgIpc) is 3.39. The lowest BCUT2D eigenvalue weighted by molar-refractivity contribution is -0.302. The van der Waals surface area contributed by atoms with E-state index in [-0.39, 0.29) is 12.5 Å². The second-order valence-electron chi connectivity index (χ2n) is 21.8. The van der Waals surface area contributed by atoms with Gasteiger partial charge in [-0.1, -0.05) is 274 Å². The van der Waals surface area contributed by atoms with Crippen LogP contribution in [-0.2, 0) is 14.3 Å². The summed E-state index contributed by atoms with van der Waals surface area (Å²) in [6, 6.07) is -0.826. The Bertz CT molecular complexity index is 1290. The third kappa shape index (κ3) is 42.9. The molecule has 0 bridgehead atoms. The van der Waals surface area contributed by atoms with Crippen molar-refractivity contribution in [3.05, 3.63) is 48.6 Å². The van der Waals surface area contributed by atoms with Gasteiger partial charge in [-0.3, -0.25) is 4.79 Å². The molecule has 1 amide bonds. The molecule has 7 atom stereocenters. The summed E-state index contributed by atoms with van der Waals surface area (Å²) >= 11 is 0. The van der Waals surface area contributed by atoms with E-state index in [4.69, 9.17) is 9.47 Å². The summed E-state index contributed by atoms with van der Waals surface area (Å²) in [4.78, 5) is 13.1. The molecule has 6 N–H and O–H groups in total. The van der Waals surface area contributed by atoms with Crippen LogP contribution in [0.15, 0.2) is 48.6 Å². The van der Waals surface area contributed by atoms with E-state index in [2.05, 4.69) is 55.6 Å². The maximum Gasteiger partial charge on any atom is 0.220 e. The van der Waals surface area contributed by atoms with Gasteiger partial charge in [0.1, 0.15) is 24.4 Å². The molecule has 9 nitrogen and oxygen atoms in total. The van der Waals surface area contributed by atoms with E-state index in [1.165, 1.54) is 231 Å². The average molecular weight is 1030 g/mol. The first-order valence-corrected chi connectivity index (χ1v) is 31.4. The number of aliphatic hydroxyl groups excluding tert-OH is 5. The van der Waals surface area contributed by atoms with Gasteiger partial charge in [0.05, 0.1) is 25.4 Å². The van der Waals surface area contributed by atoms with Crippen LogP contribution in [0.2, 0.25) is 0 Å². The molecule has 1 rings (SSSR count). The lowest BCUT2D eigenvalue weighted by Crippen LogP contribution is -2.60. The molecule has 0 aromatic carbocycles. The zero-order valence-corrected chi connectivity index (χ0v) is 47.6. The first kappa shape index (κ1) is 69.2. The monoisotopic (exact) mass is 1030 g/mol. The molecule has 0 aromatic heterocycles. The van der Waals surface area contributed by atoms with Crippen molar-refractivity contribution >= 4 is 5.91 Å². The Balaban J connectivity index is 2.21. The van der Waals surface area contributed by atoms with Crippen LogP contribution >= 0.6 is 0 Å².